The molecule has 0 radical (unpaired) electrons. The molecular formula is C22H29NO. The number of aliphatic hydroxyl groups is 1. The maximum absolute atomic E-state index is 11.6. The van der Waals surface area contributed by atoms with Crippen molar-refractivity contribution in [2.45, 2.75) is 56.6 Å². The number of benzene rings is 2. The van der Waals surface area contributed by atoms with Gasteiger partial charge in [-0.1, -0.05) is 79.9 Å². The molecule has 2 heteroatoms. The standard InChI is InChI=1S/C22H29NO/c23-21(20-14-8-3-9-15-20)22(24,16-18-10-4-1-5-11-18)17-19-12-6-2-7-13-19/h1-2,4-7,10-13,20-21,24H,3,8-9,14-17,23H2/t21-/m0/s1. The molecule has 1 aliphatic rings. The maximum Gasteiger partial charge on any atom is 0.0880 e. The maximum atomic E-state index is 11.6. The third-order valence-electron chi connectivity index (χ3n) is 5.48. The molecule has 0 bridgehead atoms. The molecule has 0 amide bonds. The Balaban J connectivity index is 1.84. The Bertz CT molecular complexity index is 563. The number of hydrogen-bond acceptors (Lipinski definition) is 2. The van der Waals surface area contributed by atoms with Crippen LogP contribution < -0.4 is 5.73 Å². The van der Waals surface area contributed by atoms with E-state index < -0.39 is 5.60 Å². The van der Waals surface area contributed by atoms with Crippen molar-refractivity contribution < 1.29 is 5.11 Å². The second-order valence-corrected chi connectivity index (χ2v) is 7.35. The van der Waals surface area contributed by atoms with Crippen LogP contribution in [0.2, 0.25) is 0 Å². The highest BCUT2D eigenvalue weighted by atomic mass is 16.3. The summed E-state index contributed by atoms with van der Waals surface area (Å²) >= 11 is 0. The normalized spacial score (nSPS) is 17.6. The van der Waals surface area contributed by atoms with E-state index >= 15 is 0 Å². The van der Waals surface area contributed by atoms with Crippen LogP contribution in [0.4, 0.5) is 0 Å². The number of hydrogen-bond donors (Lipinski definition) is 2. The Kier molecular flexibility index (Phi) is 5.70. The van der Waals surface area contributed by atoms with Crippen molar-refractivity contribution in [3.8, 4) is 0 Å². The minimum absolute atomic E-state index is 0.182. The summed E-state index contributed by atoms with van der Waals surface area (Å²) in [6, 6.07) is 20.3. The van der Waals surface area contributed by atoms with E-state index in [0.717, 1.165) is 24.0 Å². The molecular weight excluding hydrogens is 294 g/mol. The summed E-state index contributed by atoms with van der Waals surface area (Å²) in [5.74, 6) is 0.427. The summed E-state index contributed by atoms with van der Waals surface area (Å²) in [6.07, 6.45) is 7.30. The molecule has 2 aromatic carbocycles. The summed E-state index contributed by atoms with van der Waals surface area (Å²) in [5.41, 5.74) is 8.08. The van der Waals surface area contributed by atoms with Crippen LogP contribution in [0.5, 0.6) is 0 Å². The van der Waals surface area contributed by atoms with E-state index in [1.807, 2.05) is 36.4 Å². The number of rotatable bonds is 6. The predicted molar refractivity (Wildman–Crippen MR) is 99.8 cm³/mol. The van der Waals surface area contributed by atoms with Crippen molar-refractivity contribution in [2.75, 3.05) is 0 Å². The zero-order valence-corrected chi connectivity index (χ0v) is 14.4. The van der Waals surface area contributed by atoms with E-state index in [1.54, 1.807) is 0 Å². The Morgan fingerprint density at radius 1 is 0.833 bits per heavy atom. The summed E-state index contributed by atoms with van der Waals surface area (Å²) in [7, 11) is 0. The molecule has 1 saturated carbocycles. The summed E-state index contributed by atoms with van der Waals surface area (Å²) in [6.45, 7) is 0. The lowest BCUT2D eigenvalue weighted by molar-refractivity contribution is -0.0105. The second kappa shape index (κ2) is 7.96. The first-order chi connectivity index (χ1) is 11.7. The van der Waals surface area contributed by atoms with Crippen LogP contribution >= 0.6 is 0 Å². The lowest BCUT2D eigenvalue weighted by Gasteiger charge is -2.40. The van der Waals surface area contributed by atoms with Crippen LogP contribution in [0, 0.1) is 5.92 Å². The Morgan fingerprint density at radius 3 is 1.75 bits per heavy atom. The van der Waals surface area contributed by atoms with E-state index in [1.165, 1.54) is 19.3 Å². The monoisotopic (exact) mass is 323 g/mol. The SMILES string of the molecule is N[C@@H](C1CCCCC1)C(O)(Cc1ccccc1)Cc1ccccc1. The van der Waals surface area contributed by atoms with Crippen LogP contribution in [-0.4, -0.2) is 16.7 Å². The van der Waals surface area contributed by atoms with Crippen molar-refractivity contribution in [3.63, 3.8) is 0 Å². The van der Waals surface area contributed by atoms with Gasteiger partial charge in [-0.15, -0.1) is 0 Å². The van der Waals surface area contributed by atoms with Crippen LogP contribution in [0.3, 0.4) is 0 Å². The summed E-state index contributed by atoms with van der Waals surface area (Å²) < 4.78 is 0. The zero-order valence-electron chi connectivity index (χ0n) is 14.4. The highest BCUT2D eigenvalue weighted by molar-refractivity contribution is 5.23. The van der Waals surface area contributed by atoms with Crippen LogP contribution in [0.1, 0.15) is 43.2 Å². The van der Waals surface area contributed by atoms with Gasteiger partial charge >= 0.3 is 0 Å². The minimum atomic E-state index is -0.898. The summed E-state index contributed by atoms with van der Waals surface area (Å²) in [5, 5.41) is 11.6. The molecule has 2 nitrogen and oxygen atoms in total. The Labute approximate surface area is 145 Å². The zero-order chi connectivity index (χ0) is 16.8. The van der Waals surface area contributed by atoms with Gasteiger partial charge < -0.3 is 10.8 Å². The molecule has 2 aromatic rings. The Hall–Kier alpha value is -1.64. The average molecular weight is 323 g/mol. The molecule has 0 saturated heterocycles. The fourth-order valence-electron chi connectivity index (χ4n) is 4.13. The molecule has 1 fully saturated rings. The minimum Gasteiger partial charge on any atom is -0.388 e. The molecule has 1 atom stereocenters. The van der Waals surface area contributed by atoms with Gasteiger partial charge in [-0.2, -0.15) is 0 Å². The van der Waals surface area contributed by atoms with Crippen LogP contribution in [-0.2, 0) is 12.8 Å². The van der Waals surface area contributed by atoms with Gasteiger partial charge in [0.1, 0.15) is 0 Å². The van der Waals surface area contributed by atoms with E-state index in [2.05, 4.69) is 24.3 Å². The van der Waals surface area contributed by atoms with E-state index in [9.17, 15) is 5.11 Å². The average Bonchev–Trinajstić information content (AvgIpc) is 2.63. The highest BCUT2D eigenvalue weighted by Gasteiger charge is 2.39. The van der Waals surface area contributed by atoms with E-state index in [4.69, 9.17) is 5.73 Å². The third-order valence-corrected chi connectivity index (χ3v) is 5.48. The quantitative estimate of drug-likeness (QED) is 0.840. The van der Waals surface area contributed by atoms with Crippen molar-refractivity contribution in [1.82, 2.24) is 0 Å². The lowest BCUT2D eigenvalue weighted by atomic mass is 9.72. The summed E-state index contributed by atoms with van der Waals surface area (Å²) in [4.78, 5) is 0. The molecule has 3 N–H and O–H groups in total. The second-order valence-electron chi connectivity index (χ2n) is 7.35. The van der Waals surface area contributed by atoms with Gasteiger partial charge in [-0.25, -0.2) is 0 Å². The van der Waals surface area contributed by atoms with Gasteiger partial charge in [-0.3, -0.25) is 0 Å². The van der Waals surface area contributed by atoms with Gasteiger partial charge in [0.2, 0.25) is 0 Å². The highest BCUT2D eigenvalue weighted by Crippen LogP contribution is 2.33. The van der Waals surface area contributed by atoms with Crippen LogP contribution in [0.15, 0.2) is 60.7 Å². The molecule has 0 aliphatic heterocycles. The molecule has 24 heavy (non-hydrogen) atoms. The van der Waals surface area contributed by atoms with Gasteiger partial charge in [-0.05, 0) is 29.9 Å². The van der Waals surface area contributed by atoms with Crippen LogP contribution in [0.25, 0.3) is 0 Å². The number of nitrogens with two attached hydrogens (primary N) is 1. The topological polar surface area (TPSA) is 46.2 Å². The molecule has 0 aromatic heterocycles. The Morgan fingerprint density at radius 2 is 1.29 bits per heavy atom. The first kappa shape index (κ1) is 17.2. The smallest absolute Gasteiger partial charge is 0.0880 e. The van der Waals surface area contributed by atoms with Crippen molar-refractivity contribution in [3.05, 3.63) is 71.8 Å². The van der Waals surface area contributed by atoms with Gasteiger partial charge in [0.25, 0.3) is 0 Å². The molecule has 128 valence electrons. The largest absolute Gasteiger partial charge is 0.388 e. The first-order valence-electron chi connectivity index (χ1n) is 9.23. The van der Waals surface area contributed by atoms with Gasteiger partial charge in [0, 0.05) is 18.9 Å². The third kappa shape index (κ3) is 4.25. The van der Waals surface area contributed by atoms with Gasteiger partial charge in [0.05, 0.1) is 5.60 Å². The van der Waals surface area contributed by atoms with Gasteiger partial charge in [0.15, 0.2) is 0 Å². The van der Waals surface area contributed by atoms with E-state index in [0.29, 0.717) is 18.8 Å². The fraction of sp³-hybridized carbons (Fsp3) is 0.455. The first-order valence-corrected chi connectivity index (χ1v) is 9.23. The van der Waals surface area contributed by atoms with Crippen molar-refractivity contribution in [2.24, 2.45) is 11.7 Å². The lowest BCUT2D eigenvalue weighted by Crippen LogP contribution is -2.55. The predicted octanol–water partition coefficient (Wildman–Crippen LogP) is 4.11. The molecule has 0 heterocycles. The molecule has 1 aliphatic carbocycles. The van der Waals surface area contributed by atoms with Crippen molar-refractivity contribution >= 4 is 0 Å². The molecule has 3 rings (SSSR count). The molecule has 0 unspecified atom stereocenters. The molecule has 0 spiro atoms. The van der Waals surface area contributed by atoms with Crippen molar-refractivity contribution in [1.29, 1.82) is 0 Å². The fourth-order valence-corrected chi connectivity index (χ4v) is 4.13. The van der Waals surface area contributed by atoms with E-state index in [-0.39, 0.29) is 6.04 Å².